The molecular formula is C27H28N2O4S. The van der Waals surface area contributed by atoms with E-state index in [1.165, 1.54) is 30.6 Å². The van der Waals surface area contributed by atoms with Crippen molar-refractivity contribution >= 4 is 32.3 Å². The van der Waals surface area contributed by atoms with E-state index in [0.717, 1.165) is 34.4 Å². The lowest BCUT2D eigenvalue weighted by Crippen LogP contribution is -2.35. The van der Waals surface area contributed by atoms with Crippen molar-refractivity contribution in [3.63, 3.8) is 0 Å². The first-order valence-electron chi connectivity index (χ1n) is 11.8. The molecule has 1 aliphatic carbocycles. The summed E-state index contributed by atoms with van der Waals surface area (Å²) in [6, 6.07) is 16.5. The molecule has 2 aromatic carbocycles. The monoisotopic (exact) mass is 476 g/mol. The van der Waals surface area contributed by atoms with Gasteiger partial charge in [-0.2, -0.15) is 0 Å². The molecule has 6 nitrogen and oxygen atoms in total. The summed E-state index contributed by atoms with van der Waals surface area (Å²) in [7, 11) is 0. The molecule has 1 aliphatic rings. The van der Waals surface area contributed by atoms with Crippen molar-refractivity contribution in [2.45, 2.75) is 51.2 Å². The molecule has 0 aliphatic heterocycles. The zero-order chi connectivity index (χ0) is 23.7. The molecule has 1 atom stereocenters. The van der Waals surface area contributed by atoms with Gasteiger partial charge in [0.15, 0.2) is 0 Å². The molecule has 2 heterocycles. The predicted octanol–water partition coefficient (Wildman–Crippen LogP) is 5.00. The summed E-state index contributed by atoms with van der Waals surface area (Å²) < 4.78 is 8.80. The van der Waals surface area contributed by atoms with Crippen molar-refractivity contribution in [3.05, 3.63) is 70.5 Å². The number of carbonyl (C=O) groups is 1. The van der Waals surface area contributed by atoms with Gasteiger partial charge in [-0.1, -0.05) is 36.8 Å². The van der Waals surface area contributed by atoms with Crippen LogP contribution >= 0.6 is 11.3 Å². The number of hydrogen-bond donors (Lipinski definition) is 2. The molecular weight excluding hydrogens is 448 g/mol. The number of aromatic nitrogens is 1. The van der Waals surface area contributed by atoms with E-state index >= 15 is 0 Å². The minimum Gasteiger partial charge on any atom is -0.490 e. The van der Waals surface area contributed by atoms with Gasteiger partial charge in [0.1, 0.15) is 10.6 Å². The normalized spacial score (nSPS) is 15.5. The van der Waals surface area contributed by atoms with Gasteiger partial charge in [0.05, 0.1) is 28.5 Å². The van der Waals surface area contributed by atoms with Crippen LogP contribution < -0.4 is 15.6 Å². The van der Waals surface area contributed by atoms with Gasteiger partial charge in [-0.15, -0.1) is 11.3 Å². The Labute approximate surface area is 201 Å². The van der Waals surface area contributed by atoms with Gasteiger partial charge in [-0.3, -0.25) is 14.0 Å². The summed E-state index contributed by atoms with van der Waals surface area (Å²) in [6.07, 6.45) is 5.92. The maximum atomic E-state index is 13.7. The first kappa shape index (κ1) is 22.6. The molecule has 2 N–H and O–H groups in total. The number of ether oxygens (including phenoxy) is 1. The Kier molecular flexibility index (Phi) is 6.39. The minimum atomic E-state index is -0.399. The molecule has 0 spiro atoms. The number of benzene rings is 2. The summed E-state index contributed by atoms with van der Waals surface area (Å²) in [4.78, 5) is 27.5. The predicted molar refractivity (Wildman–Crippen MR) is 136 cm³/mol. The highest BCUT2D eigenvalue weighted by Crippen LogP contribution is 2.33. The van der Waals surface area contributed by atoms with Crippen LogP contribution in [0.25, 0.3) is 26.2 Å². The van der Waals surface area contributed by atoms with Crippen molar-refractivity contribution in [1.29, 1.82) is 0 Å². The van der Waals surface area contributed by atoms with Gasteiger partial charge in [0.25, 0.3) is 11.5 Å². The Balaban J connectivity index is 1.69. The summed E-state index contributed by atoms with van der Waals surface area (Å²) in [5, 5.41) is 12.2. The second-order valence-corrected chi connectivity index (χ2v) is 9.98. The highest BCUT2D eigenvalue weighted by atomic mass is 32.1. The Morgan fingerprint density at radius 1 is 1.15 bits per heavy atom. The third kappa shape index (κ3) is 4.33. The number of pyridine rings is 1. The Morgan fingerprint density at radius 2 is 1.91 bits per heavy atom. The summed E-state index contributed by atoms with van der Waals surface area (Å²) in [5.74, 6) is 0.428. The zero-order valence-corrected chi connectivity index (χ0v) is 19.9. The van der Waals surface area contributed by atoms with Crippen LogP contribution in [-0.2, 0) is 0 Å². The van der Waals surface area contributed by atoms with E-state index in [1.54, 1.807) is 17.4 Å². The maximum absolute atomic E-state index is 13.7. The van der Waals surface area contributed by atoms with Crippen LogP contribution in [0.5, 0.6) is 5.75 Å². The van der Waals surface area contributed by atoms with Crippen LogP contribution in [0, 0.1) is 0 Å². The summed E-state index contributed by atoms with van der Waals surface area (Å²) in [6.45, 7) is 1.57. The summed E-state index contributed by atoms with van der Waals surface area (Å²) in [5.41, 5.74) is 2.18. The Hall–Kier alpha value is -3.16. The molecule has 0 radical (unpaired) electrons. The lowest BCUT2D eigenvalue weighted by Gasteiger charge is -2.23. The molecule has 1 amide bonds. The Bertz CT molecular complexity index is 1390. The van der Waals surface area contributed by atoms with Gasteiger partial charge in [0, 0.05) is 17.7 Å². The van der Waals surface area contributed by atoms with E-state index in [1.807, 2.05) is 48.5 Å². The van der Waals surface area contributed by atoms with E-state index in [0.29, 0.717) is 16.0 Å². The largest absolute Gasteiger partial charge is 0.490 e. The third-order valence-corrected chi connectivity index (χ3v) is 7.53. The molecule has 0 unspecified atom stereocenters. The third-order valence-electron chi connectivity index (χ3n) is 6.37. The molecule has 176 valence electrons. The van der Waals surface area contributed by atoms with Crippen LogP contribution in [-0.4, -0.2) is 34.2 Å². The van der Waals surface area contributed by atoms with Crippen LogP contribution in [0.4, 0.5) is 0 Å². The number of aliphatic hydroxyl groups excluding tert-OH is 1. The molecule has 5 rings (SSSR count). The summed E-state index contributed by atoms with van der Waals surface area (Å²) >= 11 is 1.41. The minimum absolute atomic E-state index is 0.165. The highest BCUT2D eigenvalue weighted by Gasteiger charge is 2.22. The number of hydrogen-bond acceptors (Lipinski definition) is 5. The van der Waals surface area contributed by atoms with Crippen LogP contribution in [0.15, 0.2) is 59.4 Å². The standard InChI is InChI=1S/C27H28N2O4S/c1-17(16-30)28-25(31)22-15-21(18-8-4-2-5-9-18)26(32)29-23-14-20(12-13-24(23)34-27(22)29)33-19-10-6-3-7-11-19/h2,4-5,8-9,12-15,17,19,30H,3,6-7,10-11,16H2,1H3,(H,28,31)/t17-/m0/s1. The molecule has 1 saturated carbocycles. The quantitative estimate of drug-likeness (QED) is 0.410. The van der Waals surface area contributed by atoms with E-state index in [2.05, 4.69) is 5.32 Å². The molecule has 0 saturated heterocycles. The van der Waals surface area contributed by atoms with Crippen molar-refractivity contribution in [1.82, 2.24) is 9.72 Å². The molecule has 0 bridgehead atoms. The molecule has 7 heteroatoms. The van der Waals surface area contributed by atoms with Gasteiger partial charge in [-0.25, -0.2) is 0 Å². The fraction of sp³-hybridized carbons (Fsp3) is 0.333. The van der Waals surface area contributed by atoms with Crippen molar-refractivity contribution in [2.75, 3.05) is 6.61 Å². The van der Waals surface area contributed by atoms with Crippen LogP contribution in [0.3, 0.4) is 0 Å². The fourth-order valence-electron chi connectivity index (χ4n) is 4.57. The lowest BCUT2D eigenvalue weighted by molar-refractivity contribution is 0.0924. The first-order chi connectivity index (χ1) is 16.5. The number of nitrogens with one attached hydrogen (secondary N) is 1. The molecule has 2 aromatic heterocycles. The topological polar surface area (TPSA) is 80.0 Å². The maximum Gasteiger partial charge on any atom is 0.264 e. The number of nitrogens with zero attached hydrogens (tertiary/aromatic N) is 1. The average molecular weight is 477 g/mol. The SMILES string of the molecule is C[C@@H](CO)NC(=O)c1cc(-c2ccccc2)c(=O)n2c1sc1ccc(OC3CCCCC3)cc12. The number of fused-ring (bicyclic) bond motifs is 3. The molecule has 34 heavy (non-hydrogen) atoms. The number of carbonyl (C=O) groups excluding carboxylic acids is 1. The van der Waals surface area contributed by atoms with E-state index < -0.39 is 6.04 Å². The fourth-order valence-corrected chi connectivity index (χ4v) is 5.70. The zero-order valence-electron chi connectivity index (χ0n) is 19.1. The van der Waals surface area contributed by atoms with E-state index in [4.69, 9.17) is 4.74 Å². The van der Waals surface area contributed by atoms with Gasteiger partial charge >= 0.3 is 0 Å². The van der Waals surface area contributed by atoms with Crippen molar-refractivity contribution in [2.24, 2.45) is 0 Å². The van der Waals surface area contributed by atoms with Crippen LogP contribution in [0.2, 0.25) is 0 Å². The lowest BCUT2D eigenvalue weighted by atomic mass is 9.98. The Morgan fingerprint density at radius 3 is 2.65 bits per heavy atom. The number of rotatable bonds is 6. The van der Waals surface area contributed by atoms with Gasteiger partial charge in [0.2, 0.25) is 0 Å². The van der Waals surface area contributed by atoms with Gasteiger partial charge < -0.3 is 15.2 Å². The highest BCUT2D eigenvalue weighted by molar-refractivity contribution is 7.24. The van der Waals surface area contributed by atoms with Crippen molar-refractivity contribution in [3.8, 4) is 16.9 Å². The van der Waals surface area contributed by atoms with Crippen LogP contribution in [0.1, 0.15) is 49.4 Å². The van der Waals surface area contributed by atoms with E-state index in [9.17, 15) is 14.7 Å². The van der Waals surface area contributed by atoms with E-state index in [-0.39, 0.29) is 24.2 Å². The van der Waals surface area contributed by atoms with Gasteiger partial charge in [-0.05, 0) is 56.4 Å². The average Bonchev–Trinajstić information content (AvgIpc) is 3.24. The number of thiazole rings is 1. The smallest absolute Gasteiger partial charge is 0.264 e. The van der Waals surface area contributed by atoms with Crippen molar-refractivity contribution < 1.29 is 14.6 Å². The second kappa shape index (κ2) is 9.60. The molecule has 1 fully saturated rings. The first-order valence-corrected chi connectivity index (χ1v) is 12.6. The second-order valence-electron chi connectivity index (χ2n) is 8.95. The molecule has 4 aromatic rings. The number of amides is 1. The number of aliphatic hydroxyl groups is 1.